The Hall–Kier alpha value is -1.49. The van der Waals surface area contributed by atoms with E-state index in [1.807, 2.05) is 24.3 Å². The fourth-order valence-corrected chi connectivity index (χ4v) is 4.33. The number of imidazole rings is 1. The molecule has 0 aliphatic carbocycles. The van der Waals surface area contributed by atoms with E-state index >= 15 is 0 Å². The van der Waals surface area contributed by atoms with Crippen molar-refractivity contribution in [3.8, 4) is 0 Å². The molecule has 1 aromatic heterocycles. The zero-order chi connectivity index (χ0) is 21.3. The molecule has 0 aliphatic heterocycles. The number of esters is 1. The Morgan fingerprint density at radius 1 is 0.867 bits per heavy atom. The largest absolute Gasteiger partial charge is 0.465 e. The summed E-state index contributed by atoms with van der Waals surface area (Å²) in [6.45, 7) is 2.81. The van der Waals surface area contributed by atoms with E-state index in [9.17, 15) is 4.79 Å². The number of fused-ring (bicyclic) bond motifs is 1. The van der Waals surface area contributed by atoms with E-state index in [1.165, 1.54) is 88.8 Å². The van der Waals surface area contributed by atoms with Gasteiger partial charge in [-0.2, -0.15) is 0 Å². The summed E-state index contributed by atoms with van der Waals surface area (Å²) < 4.78 is 5.34. The van der Waals surface area contributed by atoms with Crippen LogP contribution >= 0.6 is 11.8 Å². The Kier molecular flexibility index (Phi) is 13.4. The summed E-state index contributed by atoms with van der Waals surface area (Å²) in [4.78, 5) is 19.6. The molecule has 0 saturated carbocycles. The van der Waals surface area contributed by atoms with Gasteiger partial charge in [0.1, 0.15) is 0 Å². The number of rotatable bonds is 18. The monoisotopic (exact) mass is 432 g/mol. The van der Waals surface area contributed by atoms with Crippen molar-refractivity contribution in [2.45, 2.75) is 102 Å². The molecule has 2 rings (SSSR count). The van der Waals surface area contributed by atoms with Gasteiger partial charge in [-0.15, -0.1) is 0 Å². The number of para-hydroxylation sites is 2. The third kappa shape index (κ3) is 11.1. The van der Waals surface area contributed by atoms with Crippen LogP contribution in [0, 0.1) is 0 Å². The van der Waals surface area contributed by atoms with Crippen LogP contribution < -0.4 is 0 Å². The number of ether oxygens (including phenoxy) is 1. The lowest BCUT2D eigenvalue weighted by Crippen LogP contribution is -2.08. The van der Waals surface area contributed by atoms with Gasteiger partial charge in [0.15, 0.2) is 5.16 Å². The molecule has 1 aromatic carbocycles. The summed E-state index contributed by atoms with van der Waals surface area (Å²) in [7, 11) is 0. The first kappa shape index (κ1) is 24.8. The maximum atomic E-state index is 11.9. The van der Waals surface area contributed by atoms with Crippen LogP contribution in [0.3, 0.4) is 0 Å². The summed E-state index contributed by atoms with van der Waals surface area (Å²) in [5.74, 6) is 0.147. The topological polar surface area (TPSA) is 55.0 Å². The minimum Gasteiger partial charge on any atom is -0.465 e. The van der Waals surface area contributed by atoms with Crippen LogP contribution in [0.2, 0.25) is 0 Å². The molecule has 0 unspecified atom stereocenters. The first-order valence-corrected chi connectivity index (χ1v) is 13.0. The molecule has 0 fully saturated rings. The number of H-pyrrole nitrogens is 1. The van der Waals surface area contributed by atoms with E-state index in [4.69, 9.17) is 4.74 Å². The maximum absolute atomic E-state index is 11.9. The van der Waals surface area contributed by atoms with E-state index in [1.54, 1.807) is 0 Å². The van der Waals surface area contributed by atoms with Crippen LogP contribution in [-0.4, -0.2) is 28.3 Å². The highest BCUT2D eigenvalue weighted by atomic mass is 32.2. The van der Waals surface area contributed by atoms with Crippen LogP contribution in [-0.2, 0) is 9.53 Å². The highest BCUT2D eigenvalue weighted by Gasteiger charge is 2.07. The third-order valence-corrected chi connectivity index (χ3v) is 6.30. The van der Waals surface area contributed by atoms with Gasteiger partial charge in [0.25, 0.3) is 0 Å². The van der Waals surface area contributed by atoms with Crippen molar-refractivity contribution in [1.82, 2.24) is 9.97 Å². The SMILES string of the molecule is CCCCCCCCCCCCCCCCOC(=O)CSc1nc2ccccc2[nH]1. The summed E-state index contributed by atoms with van der Waals surface area (Å²) in [6.07, 6.45) is 18.7. The lowest BCUT2D eigenvalue weighted by atomic mass is 10.0. The van der Waals surface area contributed by atoms with Gasteiger partial charge in [-0.1, -0.05) is 114 Å². The summed E-state index contributed by atoms with van der Waals surface area (Å²) in [5, 5.41) is 0.768. The normalized spacial score (nSPS) is 11.2. The van der Waals surface area contributed by atoms with E-state index in [-0.39, 0.29) is 5.97 Å². The van der Waals surface area contributed by atoms with Gasteiger partial charge >= 0.3 is 5.97 Å². The van der Waals surface area contributed by atoms with E-state index in [0.29, 0.717) is 12.4 Å². The molecular weight excluding hydrogens is 392 g/mol. The average Bonchev–Trinajstić information content (AvgIpc) is 3.18. The summed E-state index contributed by atoms with van der Waals surface area (Å²) >= 11 is 1.40. The van der Waals surface area contributed by atoms with Crippen molar-refractivity contribution in [2.75, 3.05) is 12.4 Å². The number of benzene rings is 1. The molecule has 5 heteroatoms. The lowest BCUT2D eigenvalue weighted by Gasteiger charge is -2.05. The van der Waals surface area contributed by atoms with Gasteiger partial charge in [-0.25, -0.2) is 4.98 Å². The smallest absolute Gasteiger partial charge is 0.316 e. The molecular formula is C25H40N2O2S. The number of hydrogen-bond acceptors (Lipinski definition) is 4. The molecule has 1 heterocycles. The number of carbonyl (C=O) groups excluding carboxylic acids is 1. The molecule has 30 heavy (non-hydrogen) atoms. The fourth-order valence-electron chi connectivity index (χ4n) is 3.65. The number of unbranched alkanes of at least 4 members (excludes halogenated alkanes) is 13. The molecule has 0 bridgehead atoms. The molecule has 0 saturated heterocycles. The number of nitrogens with one attached hydrogen (secondary N) is 1. The number of thioether (sulfide) groups is 1. The van der Waals surface area contributed by atoms with Gasteiger partial charge in [0.05, 0.1) is 23.4 Å². The molecule has 0 radical (unpaired) electrons. The van der Waals surface area contributed by atoms with Crippen molar-refractivity contribution in [3.63, 3.8) is 0 Å². The zero-order valence-electron chi connectivity index (χ0n) is 18.8. The van der Waals surface area contributed by atoms with Crippen molar-refractivity contribution < 1.29 is 9.53 Å². The first-order valence-electron chi connectivity index (χ1n) is 12.0. The Bertz CT molecular complexity index is 668. The average molecular weight is 433 g/mol. The number of aromatic nitrogens is 2. The molecule has 168 valence electrons. The van der Waals surface area contributed by atoms with Crippen molar-refractivity contribution >= 4 is 28.8 Å². The molecule has 4 nitrogen and oxygen atoms in total. The highest BCUT2D eigenvalue weighted by molar-refractivity contribution is 7.99. The Morgan fingerprint density at radius 3 is 2.03 bits per heavy atom. The van der Waals surface area contributed by atoms with Crippen LogP contribution in [0.5, 0.6) is 0 Å². The van der Waals surface area contributed by atoms with Gasteiger partial charge in [-0.05, 0) is 18.6 Å². The van der Waals surface area contributed by atoms with E-state index in [2.05, 4.69) is 16.9 Å². The molecule has 0 amide bonds. The maximum Gasteiger partial charge on any atom is 0.316 e. The molecule has 1 N–H and O–H groups in total. The molecule has 0 aliphatic rings. The van der Waals surface area contributed by atoms with Gasteiger partial charge in [0, 0.05) is 0 Å². The lowest BCUT2D eigenvalue weighted by molar-refractivity contribution is -0.140. The van der Waals surface area contributed by atoms with Crippen LogP contribution in [0.25, 0.3) is 11.0 Å². The molecule has 0 spiro atoms. The van der Waals surface area contributed by atoms with Gasteiger partial charge in [-0.3, -0.25) is 4.79 Å². The minimum atomic E-state index is -0.157. The number of carbonyl (C=O) groups is 1. The molecule has 0 atom stereocenters. The molecule has 2 aromatic rings. The van der Waals surface area contributed by atoms with Gasteiger partial charge in [0.2, 0.25) is 0 Å². The van der Waals surface area contributed by atoms with Crippen molar-refractivity contribution in [2.24, 2.45) is 0 Å². The van der Waals surface area contributed by atoms with Gasteiger partial charge < -0.3 is 9.72 Å². The second kappa shape index (κ2) is 16.2. The second-order valence-corrected chi connectivity index (χ2v) is 9.13. The third-order valence-electron chi connectivity index (χ3n) is 5.46. The first-order chi connectivity index (χ1) is 14.8. The minimum absolute atomic E-state index is 0.157. The number of nitrogens with zero attached hydrogens (tertiary/aromatic N) is 1. The Morgan fingerprint density at radius 2 is 1.43 bits per heavy atom. The zero-order valence-corrected chi connectivity index (χ0v) is 19.6. The fraction of sp³-hybridized carbons (Fsp3) is 0.680. The standard InChI is InChI=1S/C25H40N2O2S/c1-2-3-4-5-6-7-8-9-10-11-12-13-14-17-20-29-24(28)21-30-25-26-22-18-15-16-19-23(22)27-25/h15-16,18-19H,2-14,17,20-21H2,1H3,(H,26,27). The predicted molar refractivity (Wildman–Crippen MR) is 128 cm³/mol. The Balaban J connectivity index is 1.34. The van der Waals surface area contributed by atoms with Crippen LogP contribution in [0.4, 0.5) is 0 Å². The summed E-state index contributed by atoms with van der Waals surface area (Å²) in [6, 6.07) is 7.88. The van der Waals surface area contributed by atoms with Crippen LogP contribution in [0.1, 0.15) is 96.8 Å². The van der Waals surface area contributed by atoms with E-state index < -0.39 is 0 Å². The summed E-state index contributed by atoms with van der Waals surface area (Å²) in [5.41, 5.74) is 1.92. The second-order valence-electron chi connectivity index (χ2n) is 8.16. The Labute approximate surface area is 187 Å². The quantitative estimate of drug-likeness (QED) is 0.149. The van der Waals surface area contributed by atoms with E-state index in [0.717, 1.165) is 29.0 Å². The predicted octanol–water partition coefficient (Wildman–Crippen LogP) is 7.68. The van der Waals surface area contributed by atoms with Crippen molar-refractivity contribution in [3.05, 3.63) is 24.3 Å². The van der Waals surface area contributed by atoms with Crippen molar-refractivity contribution in [1.29, 1.82) is 0 Å². The number of aromatic amines is 1. The van der Waals surface area contributed by atoms with Crippen LogP contribution in [0.15, 0.2) is 29.4 Å². The highest BCUT2D eigenvalue weighted by Crippen LogP contribution is 2.19. The number of hydrogen-bond donors (Lipinski definition) is 1.